The maximum atomic E-state index is 9.01. The Labute approximate surface area is 125 Å². The molecule has 108 valence electrons. The van der Waals surface area contributed by atoms with Crippen LogP contribution in [0, 0.1) is 11.3 Å². The van der Waals surface area contributed by atoms with Crippen molar-refractivity contribution in [1.29, 1.82) is 5.26 Å². The monoisotopic (exact) mass is 280 g/mol. The summed E-state index contributed by atoms with van der Waals surface area (Å²) in [4.78, 5) is 4.36. The van der Waals surface area contributed by atoms with Crippen LogP contribution < -0.4 is 5.32 Å². The van der Waals surface area contributed by atoms with Crippen molar-refractivity contribution in [1.82, 2.24) is 14.9 Å². The molecule has 1 aromatic carbocycles. The number of imidazole rings is 1. The highest BCUT2D eigenvalue weighted by atomic mass is 15.1. The Morgan fingerprint density at radius 3 is 2.95 bits per heavy atom. The Bertz CT molecular complexity index is 659. The number of hydrogen-bond donors (Lipinski definition) is 1. The molecule has 1 N–H and O–H groups in total. The molecule has 1 aliphatic rings. The van der Waals surface area contributed by atoms with Crippen molar-refractivity contribution in [3.8, 4) is 6.07 Å². The van der Waals surface area contributed by atoms with Crippen LogP contribution in [0.2, 0.25) is 0 Å². The highest BCUT2D eigenvalue weighted by Crippen LogP contribution is 2.32. The molecule has 0 bridgehead atoms. The fourth-order valence-electron chi connectivity index (χ4n) is 3.12. The van der Waals surface area contributed by atoms with Gasteiger partial charge in [0.25, 0.3) is 0 Å². The fourth-order valence-corrected chi connectivity index (χ4v) is 3.12. The molecule has 4 heteroatoms. The first-order chi connectivity index (χ1) is 10.2. The van der Waals surface area contributed by atoms with Crippen molar-refractivity contribution in [2.75, 3.05) is 13.1 Å². The Hall–Kier alpha value is -2.12. The number of nitrogens with zero attached hydrogens (tertiary/aromatic N) is 3. The van der Waals surface area contributed by atoms with Crippen LogP contribution in [0.3, 0.4) is 0 Å². The van der Waals surface area contributed by atoms with Crippen LogP contribution >= 0.6 is 0 Å². The number of nitriles is 1. The summed E-state index contributed by atoms with van der Waals surface area (Å²) in [5.74, 6) is 0. The highest BCUT2D eigenvalue weighted by Gasteiger charge is 2.31. The van der Waals surface area contributed by atoms with E-state index < -0.39 is 0 Å². The van der Waals surface area contributed by atoms with E-state index in [-0.39, 0.29) is 5.41 Å². The second kappa shape index (κ2) is 5.71. The lowest BCUT2D eigenvalue weighted by atomic mass is 9.78. The minimum Gasteiger partial charge on any atom is -0.330 e. The van der Waals surface area contributed by atoms with Gasteiger partial charge in [0.05, 0.1) is 18.0 Å². The van der Waals surface area contributed by atoms with Gasteiger partial charge < -0.3 is 9.88 Å². The predicted molar refractivity (Wildman–Crippen MR) is 81.9 cm³/mol. The molecule has 0 unspecified atom stereocenters. The van der Waals surface area contributed by atoms with Crippen LogP contribution in [0.5, 0.6) is 0 Å². The molecule has 1 aromatic heterocycles. The van der Waals surface area contributed by atoms with Gasteiger partial charge in [0.2, 0.25) is 0 Å². The van der Waals surface area contributed by atoms with Crippen molar-refractivity contribution in [3.63, 3.8) is 0 Å². The van der Waals surface area contributed by atoms with E-state index in [0.717, 1.165) is 38.0 Å². The van der Waals surface area contributed by atoms with Gasteiger partial charge in [0.15, 0.2) is 0 Å². The lowest BCUT2D eigenvalue weighted by molar-refractivity contribution is 0.318. The molecule has 4 nitrogen and oxygen atoms in total. The summed E-state index contributed by atoms with van der Waals surface area (Å²) in [6, 6.07) is 10.00. The van der Waals surface area contributed by atoms with Gasteiger partial charge in [-0.15, -0.1) is 0 Å². The van der Waals surface area contributed by atoms with Crippen LogP contribution in [0.25, 0.3) is 0 Å². The van der Waals surface area contributed by atoms with E-state index in [1.807, 2.05) is 30.7 Å². The third-order valence-corrected chi connectivity index (χ3v) is 4.45. The van der Waals surface area contributed by atoms with Gasteiger partial charge in [-0.2, -0.15) is 5.26 Å². The summed E-state index contributed by atoms with van der Waals surface area (Å²) in [5.41, 5.74) is 3.34. The molecule has 0 amide bonds. The number of piperidine rings is 1. The summed E-state index contributed by atoms with van der Waals surface area (Å²) in [6.45, 7) is 5.22. The molecular weight excluding hydrogens is 260 g/mol. The van der Waals surface area contributed by atoms with Gasteiger partial charge in [-0.3, -0.25) is 0 Å². The molecule has 3 rings (SSSR count). The lowest BCUT2D eigenvalue weighted by Crippen LogP contribution is -2.39. The van der Waals surface area contributed by atoms with Crippen molar-refractivity contribution in [3.05, 3.63) is 53.6 Å². The van der Waals surface area contributed by atoms with Crippen LogP contribution in [0.4, 0.5) is 0 Å². The summed E-state index contributed by atoms with van der Waals surface area (Å²) in [5, 5.41) is 12.4. The zero-order chi connectivity index (χ0) is 14.7. The van der Waals surface area contributed by atoms with E-state index in [2.05, 4.69) is 33.9 Å². The van der Waals surface area contributed by atoms with Crippen molar-refractivity contribution in [2.24, 2.45) is 0 Å². The zero-order valence-corrected chi connectivity index (χ0v) is 12.3. The third-order valence-electron chi connectivity index (χ3n) is 4.45. The molecule has 2 heterocycles. The maximum absolute atomic E-state index is 9.01. The topological polar surface area (TPSA) is 53.6 Å². The van der Waals surface area contributed by atoms with E-state index in [9.17, 15) is 0 Å². The van der Waals surface area contributed by atoms with Crippen LogP contribution in [-0.4, -0.2) is 22.6 Å². The summed E-state index contributed by atoms with van der Waals surface area (Å²) in [6.07, 6.45) is 6.18. The maximum Gasteiger partial charge on any atom is 0.0991 e. The standard InChI is InChI=1S/C17H20N4/c1-17(5-7-19-8-6-17)16-11-20-13-21(16)12-15-4-2-3-14(9-15)10-18/h2-4,9,11,13,19H,5-8,12H2,1H3. The lowest BCUT2D eigenvalue weighted by Gasteiger charge is -2.34. The van der Waals surface area contributed by atoms with Gasteiger partial charge in [-0.25, -0.2) is 4.98 Å². The van der Waals surface area contributed by atoms with E-state index in [1.165, 1.54) is 5.69 Å². The predicted octanol–water partition coefficient (Wildman–Crippen LogP) is 2.44. The van der Waals surface area contributed by atoms with Gasteiger partial charge in [0, 0.05) is 23.9 Å². The smallest absolute Gasteiger partial charge is 0.0991 e. The Balaban J connectivity index is 1.87. The van der Waals surface area contributed by atoms with Gasteiger partial charge in [0.1, 0.15) is 0 Å². The first-order valence-electron chi connectivity index (χ1n) is 7.42. The number of nitrogens with one attached hydrogen (secondary N) is 1. The Kier molecular flexibility index (Phi) is 3.76. The summed E-state index contributed by atoms with van der Waals surface area (Å²) >= 11 is 0. The van der Waals surface area contributed by atoms with Gasteiger partial charge >= 0.3 is 0 Å². The number of rotatable bonds is 3. The zero-order valence-electron chi connectivity index (χ0n) is 12.3. The van der Waals surface area contributed by atoms with E-state index >= 15 is 0 Å². The van der Waals surface area contributed by atoms with E-state index in [0.29, 0.717) is 5.56 Å². The molecule has 1 aliphatic heterocycles. The quantitative estimate of drug-likeness (QED) is 0.939. The molecular formula is C17H20N4. The second-order valence-electron chi connectivity index (χ2n) is 6.03. The number of hydrogen-bond acceptors (Lipinski definition) is 3. The molecule has 0 radical (unpaired) electrons. The molecule has 0 spiro atoms. The van der Waals surface area contributed by atoms with E-state index in [1.54, 1.807) is 0 Å². The normalized spacial score (nSPS) is 17.3. The van der Waals surface area contributed by atoms with E-state index in [4.69, 9.17) is 5.26 Å². The van der Waals surface area contributed by atoms with Crippen molar-refractivity contribution in [2.45, 2.75) is 31.7 Å². The minimum absolute atomic E-state index is 0.189. The largest absolute Gasteiger partial charge is 0.330 e. The highest BCUT2D eigenvalue weighted by molar-refractivity contribution is 5.33. The third kappa shape index (κ3) is 2.84. The van der Waals surface area contributed by atoms with Gasteiger partial charge in [-0.05, 0) is 43.6 Å². The van der Waals surface area contributed by atoms with Crippen LogP contribution in [0.1, 0.15) is 36.6 Å². The van der Waals surface area contributed by atoms with Crippen LogP contribution in [0.15, 0.2) is 36.8 Å². The SMILES string of the molecule is CC1(c2cncn2Cc2cccc(C#N)c2)CCNCC1. The molecule has 2 aromatic rings. The number of benzene rings is 1. The summed E-state index contributed by atoms with van der Waals surface area (Å²) < 4.78 is 2.22. The molecule has 1 saturated heterocycles. The first-order valence-corrected chi connectivity index (χ1v) is 7.42. The Morgan fingerprint density at radius 1 is 1.38 bits per heavy atom. The molecule has 0 saturated carbocycles. The molecule has 0 atom stereocenters. The molecule has 21 heavy (non-hydrogen) atoms. The fraction of sp³-hybridized carbons (Fsp3) is 0.412. The average Bonchev–Trinajstić information content (AvgIpc) is 2.97. The average molecular weight is 280 g/mol. The Morgan fingerprint density at radius 2 is 2.19 bits per heavy atom. The first kappa shape index (κ1) is 13.8. The second-order valence-corrected chi connectivity index (χ2v) is 6.03. The molecule has 1 fully saturated rings. The van der Waals surface area contributed by atoms with Crippen molar-refractivity contribution < 1.29 is 0 Å². The number of aromatic nitrogens is 2. The summed E-state index contributed by atoms with van der Waals surface area (Å²) in [7, 11) is 0. The van der Waals surface area contributed by atoms with Crippen molar-refractivity contribution >= 4 is 0 Å². The van der Waals surface area contributed by atoms with Gasteiger partial charge in [-0.1, -0.05) is 19.1 Å². The minimum atomic E-state index is 0.189. The molecule has 0 aliphatic carbocycles. The van der Waals surface area contributed by atoms with Crippen LogP contribution in [-0.2, 0) is 12.0 Å².